The van der Waals surface area contributed by atoms with Gasteiger partial charge >= 0.3 is 0 Å². The number of nitrogens with zero attached hydrogens (tertiary/aromatic N) is 2. The maximum Gasteiger partial charge on any atom is 0.139 e. The maximum absolute atomic E-state index is 9.69. The van der Waals surface area contributed by atoms with Crippen molar-refractivity contribution in [1.82, 2.24) is 4.90 Å². The highest BCUT2D eigenvalue weighted by Crippen LogP contribution is 2.06. The summed E-state index contributed by atoms with van der Waals surface area (Å²) < 4.78 is 0. The van der Waals surface area contributed by atoms with Crippen molar-refractivity contribution in [1.29, 1.82) is 0 Å². The fraction of sp³-hybridized carbons (Fsp3) is 0.909. The van der Waals surface area contributed by atoms with Crippen molar-refractivity contribution in [2.24, 2.45) is 10.9 Å². The number of unbranched alkanes of at least 4 members (excludes halogenated alkanes) is 1. The number of hydrogen-bond donors (Lipinski definition) is 3. The normalized spacial score (nSPS) is 13.4. The first-order valence-electron chi connectivity index (χ1n) is 5.80. The Morgan fingerprint density at radius 3 is 2.44 bits per heavy atom. The van der Waals surface area contributed by atoms with Crippen molar-refractivity contribution >= 4 is 5.84 Å². The first-order valence-corrected chi connectivity index (χ1v) is 5.80. The number of nitrogens with two attached hydrogens (primary N) is 1. The molecule has 0 aliphatic rings. The first kappa shape index (κ1) is 15.2. The average Bonchev–Trinajstić information content (AvgIpc) is 2.20. The Morgan fingerprint density at radius 1 is 1.38 bits per heavy atom. The second kappa shape index (κ2) is 7.46. The fourth-order valence-electron chi connectivity index (χ4n) is 1.59. The zero-order valence-corrected chi connectivity index (χ0v) is 10.6. The van der Waals surface area contributed by atoms with Crippen LogP contribution in [0.25, 0.3) is 0 Å². The minimum atomic E-state index is -0.651. The largest absolute Gasteiger partial charge is 0.409 e. The molecule has 0 unspecified atom stereocenters. The Balaban J connectivity index is 3.72. The summed E-state index contributed by atoms with van der Waals surface area (Å²) in [6.07, 6.45) is 2.51. The van der Waals surface area contributed by atoms with Gasteiger partial charge in [0.05, 0.1) is 5.60 Å². The van der Waals surface area contributed by atoms with E-state index in [1.54, 1.807) is 0 Å². The van der Waals surface area contributed by atoms with E-state index in [0.29, 0.717) is 13.0 Å². The van der Waals surface area contributed by atoms with Crippen molar-refractivity contribution in [2.75, 3.05) is 19.6 Å². The molecule has 0 aromatic heterocycles. The van der Waals surface area contributed by atoms with E-state index in [1.807, 2.05) is 13.8 Å². The Bertz CT molecular complexity index is 212. The molecular weight excluding hydrogens is 206 g/mol. The van der Waals surface area contributed by atoms with E-state index in [4.69, 9.17) is 10.9 Å². The highest BCUT2D eigenvalue weighted by Gasteiger charge is 2.16. The Hall–Kier alpha value is -0.810. The van der Waals surface area contributed by atoms with Gasteiger partial charge in [-0.2, -0.15) is 0 Å². The molecule has 0 aromatic carbocycles. The van der Waals surface area contributed by atoms with Crippen LogP contribution in [0.2, 0.25) is 0 Å². The van der Waals surface area contributed by atoms with Gasteiger partial charge in [0.15, 0.2) is 0 Å². The van der Waals surface area contributed by atoms with Crippen LogP contribution in [0, 0.1) is 0 Å². The van der Waals surface area contributed by atoms with Crippen LogP contribution in [0.5, 0.6) is 0 Å². The first-order chi connectivity index (χ1) is 7.39. The maximum atomic E-state index is 9.69. The molecule has 0 heterocycles. The summed E-state index contributed by atoms with van der Waals surface area (Å²) in [5.41, 5.74) is 4.72. The van der Waals surface area contributed by atoms with Crippen molar-refractivity contribution in [3.8, 4) is 0 Å². The van der Waals surface area contributed by atoms with Gasteiger partial charge in [-0.3, -0.25) is 0 Å². The molecule has 4 N–H and O–H groups in total. The van der Waals surface area contributed by atoms with Gasteiger partial charge in [-0.05, 0) is 39.8 Å². The van der Waals surface area contributed by atoms with Crippen LogP contribution in [0.1, 0.15) is 40.0 Å². The lowest BCUT2D eigenvalue weighted by molar-refractivity contribution is 0.0374. The topological polar surface area (TPSA) is 82.1 Å². The second-order valence-electron chi connectivity index (χ2n) is 4.73. The molecule has 0 aliphatic carbocycles. The summed E-state index contributed by atoms with van der Waals surface area (Å²) in [7, 11) is 0. The van der Waals surface area contributed by atoms with Crippen molar-refractivity contribution in [3.05, 3.63) is 0 Å². The molecule has 0 saturated heterocycles. The molecule has 16 heavy (non-hydrogen) atoms. The van der Waals surface area contributed by atoms with E-state index in [2.05, 4.69) is 17.0 Å². The number of likely N-dealkylation sites (N-methyl/N-ethyl adjacent to an activating group) is 1. The van der Waals surface area contributed by atoms with E-state index < -0.39 is 5.60 Å². The molecule has 5 nitrogen and oxygen atoms in total. The molecule has 96 valence electrons. The third kappa shape index (κ3) is 8.49. The summed E-state index contributed by atoms with van der Waals surface area (Å²) in [5.74, 6) is 0.283. The van der Waals surface area contributed by atoms with E-state index in [-0.39, 0.29) is 5.84 Å². The molecule has 0 bridgehead atoms. The molecule has 0 atom stereocenters. The van der Waals surface area contributed by atoms with Crippen LogP contribution >= 0.6 is 0 Å². The van der Waals surface area contributed by atoms with Crippen LogP contribution in [0.4, 0.5) is 0 Å². The third-order valence-electron chi connectivity index (χ3n) is 2.34. The summed E-state index contributed by atoms with van der Waals surface area (Å²) in [6.45, 7) is 8.23. The van der Waals surface area contributed by atoms with E-state index in [1.165, 1.54) is 0 Å². The minimum Gasteiger partial charge on any atom is -0.409 e. The summed E-state index contributed by atoms with van der Waals surface area (Å²) in [6, 6.07) is 0. The van der Waals surface area contributed by atoms with Crippen molar-refractivity contribution < 1.29 is 10.3 Å². The third-order valence-corrected chi connectivity index (χ3v) is 2.34. The Labute approximate surface area is 97.9 Å². The molecule has 0 spiro atoms. The zero-order chi connectivity index (χ0) is 12.6. The molecule has 0 fully saturated rings. The second-order valence-corrected chi connectivity index (χ2v) is 4.73. The van der Waals surface area contributed by atoms with Gasteiger partial charge in [0, 0.05) is 13.0 Å². The lowest BCUT2D eigenvalue weighted by atomic mass is 10.1. The van der Waals surface area contributed by atoms with Crippen LogP contribution in [-0.4, -0.2) is 46.3 Å². The lowest BCUT2D eigenvalue weighted by Gasteiger charge is -2.27. The highest BCUT2D eigenvalue weighted by atomic mass is 16.4. The monoisotopic (exact) mass is 231 g/mol. The molecule has 0 aliphatic heterocycles. The molecule has 0 aromatic rings. The van der Waals surface area contributed by atoms with E-state index >= 15 is 0 Å². The number of rotatable bonds is 8. The number of hydrogen-bond acceptors (Lipinski definition) is 4. The fourth-order valence-corrected chi connectivity index (χ4v) is 1.59. The van der Waals surface area contributed by atoms with Gasteiger partial charge in [-0.15, -0.1) is 0 Å². The van der Waals surface area contributed by atoms with E-state index in [9.17, 15) is 5.11 Å². The van der Waals surface area contributed by atoms with Gasteiger partial charge in [0.1, 0.15) is 5.84 Å². The number of oxime groups is 1. The van der Waals surface area contributed by atoms with Crippen LogP contribution in [0.15, 0.2) is 5.16 Å². The van der Waals surface area contributed by atoms with Crippen molar-refractivity contribution in [2.45, 2.75) is 45.6 Å². The zero-order valence-electron chi connectivity index (χ0n) is 10.6. The van der Waals surface area contributed by atoms with Gasteiger partial charge < -0.3 is 20.9 Å². The van der Waals surface area contributed by atoms with E-state index in [0.717, 1.165) is 25.9 Å². The quantitative estimate of drug-likeness (QED) is 0.191. The lowest BCUT2D eigenvalue weighted by Crippen LogP contribution is -2.39. The van der Waals surface area contributed by atoms with Gasteiger partial charge in [0.25, 0.3) is 0 Å². The number of aliphatic hydroxyl groups is 1. The highest BCUT2D eigenvalue weighted by molar-refractivity contribution is 5.79. The SMILES string of the molecule is CCN(CCCCC(N)=NO)CC(C)(C)O. The average molecular weight is 231 g/mol. The molecule has 0 radical (unpaired) electrons. The summed E-state index contributed by atoms with van der Waals surface area (Å²) >= 11 is 0. The predicted molar refractivity (Wildman–Crippen MR) is 65.7 cm³/mol. The molecule has 5 heteroatoms. The Kier molecular flexibility index (Phi) is 7.08. The standard InChI is InChI=1S/C11H25N3O2/c1-4-14(9-11(2,3)15)8-6-5-7-10(12)13-16/h15-16H,4-9H2,1-3H3,(H2,12,13). The smallest absolute Gasteiger partial charge is 0.139 e. The predicted octanol–water partition coefficient (Wildman–Crippen LogP) is 0.996. The molecular formula is C11H25N3O2. The van der Waals surface area contributed by atoms with Crippen LogP contribution in [0.3, 0.4) is 0 Å². The Morgan fingerprint density at radius 2 is 2.00 bits per heavy atom. The van der Waals surface area contributed by atoms with Crippen LogP contribution in [-0.2, 0) is 0 Å². The minimum absolute atomic E-state index is 0.283. The van der Waals surface area contributed by atoms with Gasteiger partial charge in [-0.25, -0.2) is 0 Å². The molecule has 0 rings (SSSR count). The summed E-state index contributed by atoms with van der Waals surface area (Å²) in [5, 5.41) is 21.0. The summed E-state index contributed by atoms with van der Waals surface area (Å²) in [4.78, 5) is 2.20. The molecule has 0 amide bonds. The van der Waals surface area contributed by atoms with Gasteiger partial charge in [0.2, 0.25) is 0 Å². The van der Waals surface area contributed by atoms with Crippen LogP contribution < -0.4 is 5.73 Å². The number of amidine groups is 1. The van der Waals surface area contributed by atoms with Crippen molar-refractivity contribution in [3.63, 3.8) is 0 Å². The molecule has 0 saturated carbocycles. The van der Waals surface area contributed by atoms with Gasteiger partial charge in [-0.1, -0.05) is 12.1 Å².